The van der Waals surface area contributed by atoms with Crippen molar-refractivity contribution in [2.75, 3.05) is 14.2 Å². The van der Waals surface area contributed by atoms with Crippen LogP contribution in [0.5, 0.6) is 5.75 Å². The number of rotatable bonds is 4. The Balaban J connectivity index is 2.30. The quantitative estimate of drug-likeness (QED) is 0.648. The summed E-state index contributed by atoms with van der Waals surface area (Å²) in [5.41, 5.74) is 0.422. The van der Waals surface area contributed by atoms with Crippen LogP contribution in [0, 0.1) is 5.92 Å². The van der Waals surface area contributed by atoms with Gasteiger partial charge in [-0.05, 0) is 30.3 Å². The Hall–Kier alpha value is -2.11. The number of aliphatic hydroxyl groups excluding tert-OH is 1. The molecule has 1 aliphatic carbocycles. The van der Waals surface area contributed by atoms with Crippen molar-refractivity contribution in [3.63, 3.8) is 0 Å². The van der Waals surface area contributed by atoms with E-state index in [1.165, 1.54) is 26.4 Å². The molecule has 0 saturated carbocycles. The van der Waals surface area contributed by atoms with E-state index in [-0.39, 0.29) is 11.5 Å². The van der Waals surface area contributed by atoms with Crippen molar-refractivity contribution in [2.45, 2.75) is 5.79 Å². The summed E-state index contributed by atoms with van der Waals surface area (Å²) in [4.78, 5) is 12.4. The smallest absolute Gasteiger partial charge is 0.202 e. The van der Waals surface area contributed by atoms with Crippen LogP contribution in [0.15, 0.2) is 48.3 Å². The van der Waals surface area contributed by atoms with Crippen LogP contribution < -0.4 is 4.74 Å². The van der Waals surface area contributed by atoms with E-state index in [0.717, 1.165) is 6.08 Å². The number of allylic oxidation sites excluding steroid dienone is 1. The number of methoxy groups -OCH3 is 2. The maximum Gasteiger partial charge on any atom is 0.202 e. The molecule has 1 aromatic carbocycles. The monoisotopic (exact) mass is 276 g/mol. The van der Waals surface area contributed by atoms with E-state index in [1.807, 2.05) is 0 Å². The van der Waals surface area contributed by atoms with Crippen LogP contribution in [0.1, 0.15) is 10.4 Å². The van der Waals surface area contributed by atoms with Gasteiger partial charge in [-0.1, -0.05) is 6.08 Å². The molecule has 0 aliphatic heterocycles. The zero-order chi connectivity index (χ0) is 14.8. The zero-order valence-corrected chi connectivity index (χ0v) is 11.2. The first-order valence-electron chi connectivity index (χ1n) is 6.06. The number of carbonyl (C=O) groups is 1. The molecule has 20 heavy (non-hydrogen) atoms. The number of aliphatic hydroxyl groups is 2. The summed E-state index contributed by atoms with van der Waals surface area (Å²) in [5.74, 6) is -2.59. The molecule has 2 rings (SSSR count). The average Bonchev–Trinajstić information content (AvgIpc) is 2.47. The highest BCUT2D eigenvalue weighted by molar-refractivity contribution is 6.00. The van der Waals surface area contributed by atoms with E-state index in [1.54, 1.807) is 24.3 Å². The predicted octanol–water partition coefficient (Wildman–Crippen LogP) is 1.84. The van der Waals surface area contributed by atoms with E-state index in [2.05, 4.69) is 0 Å². The maximum atomic E-state index is 12.4. The Bertz CT molecular complexity index is 558. The number of hydrogen-bond donors (Lipinski definition) is 2. The van der Waals surface area contributed by atoms with E-state index < -0.39 is 11.7 Å². The van der Waals surface area contributed by atoms with Crippen LogP contribution in [-0.4, -0.2) is 36.0 Å². The molecule has 0 amide bonds. The van der Waals surface area contributed by atoms with Gasteiger partial charge in [0.25, 0.3) is 0 Å². The molecule has 0 heterocycles. The van der Waals surface area contributed by atoms with Gasteiger partial charge in [0.15, 0.2) is 5.78 Å². The van der Waals surface area contributed by atoms with Crippen LogP contribution in [-0.2, 0) is 4.74 Å². The first-order valence-corrected chi connectivity index (χ1v) is 6.06. The molecule has 5 nitrogen and oxygen atoms in total. The lowest BCUT2D eigenvalue weighted by molar-refractivity contribution is -0.164. The van der Waals surface area contributed by atoms with Crippen molar-refractivity contribution in [3.8, 4) is 5.75 Å². The minimum Gasteiger partial charge on any atom is -0.508 e. The molecule has 2 atom stereocenters. The molecule has 0 saturated heterocycles. The minimum absolute atomic E-state index is 0.145. The molecule has 0 fully saturated rings. The molecule has 0 radical (unpaired) electrons. The highest BCUT2D eigenvalue weighted by Crippen LogP contribution is 2.30. The standard InChI is InChI=1S/C15H16O5/c1-19-12-6-3-10(4-7-12)14(17)13-8-5-11(16)9-15(13,18)20-2/h3-9,13,16,18H,1-2H3. The lowest BCUT2D eigenvalue weighted by atomic mass is 9.86. The van der Waals surface area contributed by atoms with Gasteiger partial charge in [0.05, 0.1) is 13.0 Å². The first-order chi connectivity index (χ1) is 9.50. The summed E-state index contributed by atoms with van der Waals surface area (Å²) in [5, 5.41) is 19.7. The SMILES string of the molecule is COc1ccc(C(=O)C2C=CC(O)=CC2(O)OC)cc1. The molecule has 2 unspecified atom stereocenters. The van der Waals surface area contributed by atoms with Crippen molar-refractivity contribution in [1.82, 2.24) is 0 Å². The summed E-state index contributed by atoms with van der Waals surface area (Å²) in [6, 6.07) is 6.56. The van der Waals surface area contributed by atoms with Crippen molar-refractivity contribution < 1.29 is 24.5 Å². The zero-order valence-electron chi connectivity index (χ0n) is 11.2. The summed E-state index contributed by atoms with van der Waals surface area (Å²) in [6.45, 7) is 0. The molecule has 2 N–H and O–H groups in total. The second kappa shape index (κ2) is 5.48. The third kappa shape index (κ3) is 2.59. The van der Waals surface area contributed by atoms with Crippen LogP contribution in [0.25, 0.3) is 0 Å². The fourth-order valence-electron chi connectivity index (χ4n) is 2.08. The lowest BCUT2D eigenvalue weighted by Gasteiger charge is -2.31. The van der Waals surface area contributed by atoms with E-state index in [9.17, 15) is 15.0 Å². The number of ether oxygens (including phenoxy) is 2. The Kier molecular flexibility index (Phi) is 3.92. The Morgan fingerprint density at radius 3 is 2.45 bits per heavy atom. The largest absolute Gasteiger partial charge is 0.508 e. The van der Waals surface area contributed by atoms with Gasteiger partial charge < -0.3 is 19.7 Å². The maximum absolute atomic E-state index is 12.4. The van der Waals surface area contributed by atoms with E-state index in [0.29, 0.717) is 11.3 Å². The van der Waals surface area contributed by atoms with Crippen LogP contribution in [0.4, 0.5) is 0 Å². The predicted molar refractivity (Wildman–Crippen MR) is 72.6 cm³/mol. The Morgan fingerprint density at radius 1 is 1.25 bits per heavy atom. The lowest BCUT2D eigenvalue weighted by Crippen LogP contribution is -2.43. The second-order valence-corrected chi connectivity index (χ2v) is 4.45. The van der Waals surface area contributed by atoms with Crippen molar-refractivity contribution >= 4 is 5.78 Å². The molecule has 106 valence electrons. The third-order valence-corrected chi connectivity index (χ3v) is 3.24. The fraction of sp³-hybridized carbons (Fsp3) is 0.267. The van der Waals surface area contributed by atoms with Gasteiger partial charge in [0.2, 0.25) is 5.79 Å². The normalized spacial score (nSPS) is 25.1. The summed E-state index contributed by atoms with van der Waals surface area (Å²) >= 11 is 0. The first kappa shape index (κ1) is 14.3. The number of hydrogen-bond acceptors (Lipinski definition) is 5. The van der Waals surface area contributed by atoms with Gasteiger partial charge in [-0.25, -0.2) is 0 Å². The van der Waals surface area contributed by atoms with Crippen molar-refractivity contribution in [3.05, 3.63) is 53.8 Å². The molecule has 5 heteroatoms. The van der Waals surface area contributed by atoms with E-state index in [4.69, 9.17) is 9.47 Å². The Labute approximate surface area is 116 Å². The van der Waals surface area contributed by atoms with Gasteiger partial charge in [-0.15, -0.1) is 0 Å². The molecular weight excluding hydrogens is 260 g/mol. The summed E-state index contributed by atoms with van der Waals surface area (Å²) in [7, 11) is 2.81. The average molecular weight is 276 g/mol. The van der Waals surface area contributed by atoms with Gasteiger partial charge >= 0.3 is 0 Å². The topological polar surface area (TPSA) is 76.0 Å². The molecule has 0 bridgehead atoms. The van der Waals surface area contributed by atoms with Crippen molar-refractivity contribution in [1.29, 1.82) is 0 Å². The molecule has 1 aromatic rings. The molecule has 1 aliphatic rings. The summed E-state index contributed by atoms with van der Waals surface area (Å²) in [6.07, 6.45) is 3.89. The number of ketones is 1. The molecule has 0 aromatic heterocycles. The van der Waals surface area contributed by atoms with E-state index >= 15 is 0 Å². The van der Waals surface area contributed by atoms with Crippen molar-refractivity contribution in [2.24, 2.45) is 5.92 Å². The third-order valence-electron chi connectivity index (χ3n) is 3.24. The highest BCUT2D eigenvalue weighted by Gasteiger charge is 2.41. The number of benzene rings is 1. The second-order valence-electron chi connectivity index (χ2n) is 4.45. The molecule has 0 spiro atoms. The fourth-order valence-corrected chi connectivity index (χ4v) is 2.08. The highest BCUT2D eigenvalue weighted by atomic mass is 16.6. The van der Waals surface area contributed by atoms with Crippen LogP contribution in [0.2, 0.25) is 0 Å². The van der Waals surface area contributed by atoms with Crippen LogP contribution in [0.3, 0.4) is 0 Å². The summed E-state index contributed by atoms with van der Waals surface area (Å²) < 4.78 is 10.0. The molecular formula is C15H16O5. The number of Topliss-reactive ketones (excluding diaryl/α,β-unsaturated/α-hetero) is 1. The van der Waals surface area contributed by atoms with Gasteiger partial charge in [-0.2, -0.15) is 0 Å². The van der Waals surface area contributed by atoms with Gasteiger partial charge in [0, 0.05) is 18.7 Å². The Morgan fingerprint density at radius 2 is 1.90 bits per heavy atom. The minimum atomic E-state index is -1.85. The van der Waals surface area contributed by atoms with Gasteiger partial charge in [0.1, 0.15) is 11.5 Å². The van der Waals surface area contributed by atoms with Crippen LogP contribution >= 0.6 is 0 Å². The number of carbonyl (C=O) groups excluding carboxylic acids is 1. The van der Waals surface area contributed by atoms with Gasteiger partial charge in [-0.3, -0.25) is 4.79 Å².